The van der Waals surface area contributed by atoms with Crippen molar-refractivity contribution in [1.29, 1.82) is 0 Å². The number of carbonyl (C=O) groups is 1. The van der Waals surface area contributed by atoms with Gasteiger partial charge < -0.3 is 5.32 Å². The van der Waals surface area contributed by atoms with Crippen molar-refractivity contribution in [3.8, 4) is 0 Å². The van der Waals surface area contributed by atoms with Crippen molar-refractivity contribution >= 4 is 58.0 Å². The molecule has 0 saturated heterocycles. The molecule has 0 unspecified atom stereocenters. The number of halogens is 4. The number of anilines is 1. The van der Waals surface area contributed by atoms with Gasteiger partial charge in [0.15, 0.2) is 0 Å². The SMILES string of the molecule is CC(C)(CCl)C(=O)Nc1c(Cl)cc(Cl)cc1Cl. The fraction of sp³-hybridized carbons (Fsp3) is 0.364. The fourth-order valence-corrected chi connectivity index (χ4v) is 2.04. The molecule has 0 saturated carbocycles. The van der Waals surface area contributed by atoms with Crippen LogP contribution in [0.15, 0.2) is 12.1 Å². The highest BCUT2D eigenvalue weighted by molar-refractivity contribution is 6.42. The van der Waals surface area contributed by atoms with Crippen LogP contribution in [0.4, 0.5) is 5.69 Å². The molecule has 1 N–H and O–H groups in total. The van der Waals surface area contributed by atoms with Crippen molar-refractivity contribution in [1.82, 2.24) is 0 Å². The molecular weight excluding hydrogens is 304 g/mol. The lowest BCUT2D eigenvalue weighted by Crippen LogP contribution is -2.32. The van der Waals surface area contributed by atoms with Gasteiger partial charge in [-0.25, -0.2) is 0 Å². The number of amides is 1. The summed E-state index contributed by atoms with van der Waals surface area (Å²) in [7, 11) is 0. The Morgan fingerprint density at radius 2 is 1.71 bits per heavy atom. The van der Waals surface area contributed by atoms with Crippen molar-refractivity contribution in [2.45, 2.75) is 13.8 Å². The lowest BCUT2D eigenvalue weighted by Gasteiger charge is -2.21. The van der Waals surface area contributed by atoms with Gasteiger partial charge in [0.2, 0.25) is 5.91 Å². The topological polar surface area (TPSA) is 29.1 Å². The Morgan fingerprint density at radius 1 is 1.24 bits per heavy atom. The van der Waals surface area contributed by atoms with Crippen LogP contribution in [0.1, 0.15) is 13.8 Å². The van der Waals surface area contributed by atoms with E-state index in [4.69, 9.17) is 46.4 Å². The van der Waals surface area contributed by atoms with E-state index >= 15 is 0 Å². The van der Waals surface area contributed by atoms with Gasteiger partial charge in [-0.1, -0.05) is 34.8 Å². The zero-order valence-corrected chi connectivity index (χ0v) is 12.3. The second-order valence-corrected chi connectivity index (χ2v) is 5.73. The molecule has 0 bridgehead atoms. The van der Waals surface area contributed by atoms with Crippen LogP contribution in [0.3, 0.4) is 0 Å². The van der Waals surface area contributed by atoms with Crippen LogP contribution in [0.2, 0.25) is 15.1 Å². The first-order chi connectivity index (χ1) is 7.77. The highest BCUT2D eigenvalue weighted by atomic mass is 35.5. The molecule has 0 aliphatic rings. The first-order valence-corrected chi connectivity index (χ1v) is 6.47. The zero-order valence-electron chi connectivity index (χ0n) is 9.28. The van der Waals surface area contributed by atoms with E-state index in [2.05, 4.69) is 5.32 Å². The summed E-state index contributed by atoms with van der Waals surface area (Å²) in [5, 5.41) is 3.65. The van der Waals surface area contributed by atoms with E-state index in [1.54, 1.807) is 13.8 Å². The second kappa shape index (κ2) is 5.66. The third kappa shape index (κ3) is 3.65. The predicted octanol–water partition coefficient (Wildman–Crippen LogP) is 4.85. The van der Waals surface area contributed by atoms with Gasteiger partial charge in [-0.15, -0.1) is 11.6 Å². The van der Waals surface area contributed by atoms with Crippen molar-refractivity contribution in [2.24, 2.45) is 5.41 Å². The molecule has 1 aromatic rings. The maximum atomic E-state index is 11.9. The van der Waals surface area contributed by atoms with E-state index in [9.17, 15) is 4.79 Å². The molecule has 1 rings (SSSR count). The Labute approximate surface area is 120 Å². The highest BCUT2D eigenvalue weighted by Crippen LogP contribution is 2.34. The van der Waals surface area contributed by atoms with Gasteiger partial charge in [-0.3, -0.25) is 4.79 Å². The van der Waals surface area contributed by atoms with Gasteiger partial charge in [-0.05, 0) is 26.0 Å². The molecular formula is C11H11Cl4NO. The number of nitrogens with one attached hydrogen (secondary N) is 1. The van der Waals surface area contributed by atoms with E-state index in [0.29, 0.717) is 20.8 Å². The molecule has 0 heterocycles. The lowest BCUT2D eigenvalue weighted by atomic mass is 9.95. The standard InChI is InChI=1S/C11H11Cl4NO/c1-11(2,5-12)10(17)16-9-7(14)3-6(13)4-8(9)15/h3-4H,5H2,1-2H3,(H,16,17). The summed E-state index contributed by atoms with van der Waals surface area (Å²) < 4.78 is 0. The van der Waals surface area contributed by atoms with E-state index in [0.717, 1.165) is 0 Å². The molecule has 0 spiro atoms. The Hall–Kier alpha value is -0.150. The van der Waals surface area contributed by atoms with Gasteiger partial charge in [-0.2, -0.15) is 0 Å². The molecule has 2 nitrogen and oxygen atoms in total. The van der Waals surface area contributed by atoms with Crippen LogP contribution in [0.25, 0.3) is 0 Å². The quantitative estimate of drug-likeness (QED) is 0.794. The smallest absolute Gasteiger partial charge is 0.231 e. The van der Waals surface area contributed by atoms with E-state index in [1.807, 2.05) is 0 Å². The summed E-state index contributed by atoms with van der Waals surface area (Å²) >= 11 is 23.4. The van der Waals surface area contributed by atoms with Gasteiger partial charge in [0, 0.05) is 10.9 Å². The number of benzene rings is 1. The highest BCUT2D eigenvalue weighted by Gasteiger charge is 2.27. The maximum Gasteiger partial charge on any atom is 0.231 e. The summed E-state index contributed by atoms with van der Waals surface area (Å²) in [5.41, 5.74) is -0.352. The molecule has 1 amide bonds. The Bertz CT molecular complexity index is 422. The summed E-state index contributed by atoms with van der Waals surface area (Å²) in [6.45, 7) is 3.46. The summed E-state index contributed by atoms with van der Waals surface area (Å²) in [4.78, 5) is 11.9. The van der Waals surface area contributed by atoms with Crippen LogP contribution in [-0.2, 0) is 4.79 Å². The summed E-state index contributed by atoms with van der Waals surface area (Å²) in [6.07, 6.45) is 0. The molecule has 0 aromatic heterocycles. The Balaban J connectivity index is 3.01. The average molecular weight is 315 g/mol. The Kier molecular flexibility index (Phi) is 4.96. The van der Waals surface area contributed by atoms with E-state index in [-0.39, 0.29) is 11.8 Å². The monoisotopic (exact) mass is 313 g/mol. The molecule has 0 fully saturated rings. The van der Waals surface area contributed by atoms with Crippen LogP contribution < -0.4 is 5.32 Å². The predicted molar refractivity (Wildman–Crippen MR) is 74.6 cm³/mol. The van der Waals surface area contributed by atoms with Crippen molar-refractivity contribution in [3.05, 3.63) is 27.2 Å². The van der Waals surface area contributed by atoms with Crippen LogP contribution >= 0.6 is 46.4 Å². The van der Waals surface area contributed by atoms with E-state index in [1.165, 1.54) is 12.1 Å². The number of hydrogen-bond acceptors (Lipinski definition) is 1. The molecule has 17 heavy (non-hydrogen) atoms. The minimum Gasteiger partial charge on any atom is -0.323 e. The third-order valence-corrected chi connectivity index (χ3v) is 3.68. The number of hydrogen-bond donors (Lipinski definition) is 1. The summed E-state index contributed by atoms with van der Waals surface area (Å²) in [6, 6.07) is 3.02. The number of alkyl halides is 1. The minimum absolute atomic E-state index is 0.196. The normalized spacial score (nSPS) is 11.4. The molecule has 6 heteroatoms. The van der Waals surface area contributed by atoms with Crippen molar-refractivity contribution in [2.75, 3.05) is 11.2 Å². The van der Waals surface area contributed by atoms with Crippen LogP contribution in [0, 0.1) is 5.41 Å². The van der Waals surface area contributed by atoms with Crippen LogP contribution in [-0.4, -0.2) is 11.8 Å². The molecule has 0 aliphatic heterocycles. The number of rotatable bonds is 3. The first-order valence-electron chi connectivity index (χ1n) is 4.80. The second-order valence-electron chi connectivity index (χ2n) is 4.22. The molecule has 0 aliphatic carbocycles. The van der Waals surface area contributed by atoms with Crippen LogP contribution in [0.5, 0.6) is 0 Å². The lowest BCUT2D eigenvalue weighted by molar-refractivity contribution is -0.122. The van der Waals surface area contributed by atoms with Gasteiger partial charge in [0.1, 0.15) is 0 Å². The first kappa shape index (κ1) is 14.9. The molecule has 0 atom stereocenters. The molecule has 1 aromatic carbocycles. The average Bonchev–Trinajstić information content (AvgIpc) is 2.22. The van der Waals surface area contributed by atoms with Gasteiger partial charge in [0.05, 0.1) is 21.1 Å². The van der Waals surface area contributed by atoms with Gasteiger partial charge in [0.25, 0.3) is 0 Å². The Morgan fingerprint density at radius 3 is 2.12 bits per heavy atom. The van der Waals surface area contributed by atoms with Crippen molar-refractivity contribution < 1.29 is 4.79 Å². The van der Waals surface area contributed by atoms with Crippen molar-refractivity contribution in [3.63, 3.8) is 0 Å². The summed E-state index contributed by atoms with van der Waals surface area (Å²) in [5.74, 6) is -0.0552. The molecule has 0 radical (unpaired) electrons. The third-order valence-electron chi connectivity index (χ3n) is 2.19. The fourth-order valence-electron chi connectivity index (χ4n) is 1.01. The minimum atomic E-state index is -0.701. The van der Waals surface area contributed by atoms with E-state index < -0.39 is 5.41 Å². The largest absolute Gasteiger partial charge is 0.323 e. The number of carbonyl (C=O) groups excluding carboxylic acids is 1. The maximum absolute atomic E-state index is 11.9. The zero-order chi connectivity index (χ0) is 13.2. The molecule has 94 valence electrons. The van der Waals surface area contributed by atoms with Gasteiger partial charge >= 0.3 is 0 Å².